The van der Waals surface area contributed by atoms with Gasteiger partial charge in [0.25, 0.3) is 5.91 Å². The third kappa shape index (κ3) is 3.98. The SMILES string of the molecule is O=C(N[C@@H]1CCCN(C2CCCCC2)C1)C1(O)CCSCC1. The summed E-state index contributed by atoms with van der Waals surface area (Å²) >= 11 is 1.83. The number of nitrogens with zero attached hydrogens (tertiary/aromatic N) is 1. The summed E-state index contributed by atoms with van der Waals surface area (Å²) in [5, 5.41) is 13.7. The third-order valence-corrected chi connectivity index (χ3v) is 6.61. The van der Waals surface area contributed by atoms with Crippen LogP contribution in [0.4, 0.5) is 0 Å². The molecule has 22 heavy (non-hydrogen) atoms. The normalized spacial score (nSPS) is 30.9. The van der Waals surface area contributed by atoms with E-state index in [1.807, 2.05) is 11.8 Å². The lowest BCUT2D eigenvalue weighted by Crippen LogP contribution is -2.57. The lowest BCUT2D eigenvalue weighted by Gasteiger charge is -2.41. The second-order valence-electron chi connectivity index (χ2n) is 7.24. The summed E-state index contributed by atoms with van der Waals surface area (Å²) in [6, 6.07) is 0.949. The number of hydrogen-bond donors (Lipinski definition) is 2. The minimum Gasteiger partial charge on any atom is -0.380 e. The fraction of sp³-hybridized carbons (Fsp3) is 0.941. The molecule has 0 bridgehead atoms. The van der Waals surface area contributed by atoms with Crippen molar-refractivity contribution in [1.82, 2.24) is 10.2 Å². The predicted octanol–water partition coefficient (Wildman–Crippen LogP) is 2.16. The van der Waals surface area contributed by atoms with Gasteiger partial charge in [-0.15, -0.1) is 0 Å². The summed E-state index contributed by atoms with van der Waals surface area (Å²) in [4.78, 5) is 15.1. The molecule has 2 aliphatic heterocycles. The standard InChI is InChI=1S/C17H30N2O2S/c20-16(17(21)8-11-22-12-9-17)18-14-5-4-10-19(13-14)15-6-2-1-3-7-15/h14-15,21H,1-13H2,(H,18,20)/t14-/m1/s1. The van der Waals surface area contributed by atoms with Crippen LogP contribution >= 0.6 is 11.8 Å². The Bertz CT molecular complexity index is 379. The first-order chi connectivity index (χ1) is 10.7. The molecule has 1 amide bonds. The van der Waals surface area contributed by atoms with E-state index < -0.39 is 5.60 Å². The zero-order valence-electron chi connectivity index (χ0n) is 13.6. The van der Waals surface area contributed by atoms with E-state index in [0.717, 1.165) is 36.9 Å². The molecule has 2 N–H and O–H groups in total. The molecule has 4 nitrogen and oxygen atoms in total. The number of piperidine rings is 1. The monoisotopic (exact) mass is 326 g/mol. The minimum absolute atomic E-state index is 0.122. The second kappa shape index (κ2) is 7.54. The maximum absolute atomic E-state index is 12.5. The first-order valence-corrected chi connectivity index (χ1v) is 10.2. The van der Waals surface area contributed by atoms with Crippen LogP contribution in [0.15, 0.2) is 0 Å². The van der Waals surface area contributed by atoms with Gasteiger partial charge in [-0.1, -0.05) is 19.3 Å². The van der Waals surface area contributed by atoms with Gasteiger partial charge in [-0.05, 0) is 56.6 Å². The van der Waals surface area contributed by atoms with Gasteiger partial charge in [0.1, 0.15) is 5.60 Å². The van der Waals surface area contributed by atoms with Crippen LogP contribution in [0, 0.1) is 0 Å². The summed E-state index contributed by atoms with van der Waals surface area (Å²) in [6.45, 7) is 2.15. The molecular weight excluding hydrogens is 296 g/mol. The Morgan fingerprint density at radius 3 is 2.55 bits per heavy atom. The molecule has 126 valence electrons. The van der Waals surface area contributed by atoms with E-state index in [2.05, 4.69) is 10.2 Å². The molecule has 5 heteroatoms. The summed E-state index contributed by atoms with van der Waals surface area (Å²) in [5.74, 6) is 1.66. The Labute approximate surface area is 138 Å². The molecule has 2 saturated heterocycles. The first-order valence-electron chi connectivity index (χ1n) is 9.02. The molecule has 0 radical (unpaired) electrons. The Balaban J connectivity index is 1.52. The fourth-order valence-corrected chi connectivity index (χ4v) is 5.33. The maximum Gasteiger partial charge on any atom is 0.252 e. The van der Waals surface area contributed by atoms with Crippen molar-refractivity contribution in [2.24, 2.45) is 0 Å². The van der Waals surface area contributed by atoms with E-state index in [1.54, 1.807) is 0 Å². The zero-order chi connectivity index (χ0) is 15.4. The molecule has 3 aliphatic rings. The predicted molar refractivity (Wildman–Crippen MR) is 91.1 cm³/mol. The van der Waals surface area contributed by atoms with Crippen molar-refractivity contribution in [3.05, 3.63) is 0 Å². The van der Waals surface area contributed by atoms with Gasteiger partial charge >= 0.3 is 0 Å². The Hall–Kier alpha value is -0.260. The molecule has 0 unspecified atom stereocenters. The topological polar surface area (TPSA) is 52.6 Å². The van der Waals surface area contributed by atoms with E-state index in [4.69, 9.17) is 0 Å². The molecule has 1 saturated carbocycles. The van der Waals surface area contributed by atoms with Gasteiger partial charge in [0.2, 0.25) is 0 Å². The molecule has 3 rings (SSSR count). The molecule has 0 aromatic heterocycles. The third-order valence-electron chi connectivity index (χ3n) is 5.62. The van der Waals surface area contributed by atoms with E-state index in [1.165, 1.54) is 38.6 Å². The van der Waals surface area contributed by atoms with Crippen molar-refractivity contribution in [1.29, 1.82) is 0 Å². The van der Waals surface area contributed by atoms with Crippen LogP contribution in [0.3, 0.4) is 0 Å². The van der Waals surface area contributed by atoms with Crippen LogP contribution in [0.25, 0.3) is 0 Å². The summed E-state index contributed by atoms with van der Waals surface area (Å²) in [5.41, 5.74) is -1.11. The molecule has 1 aliphatic carbocycles. The fourth-order valence-electron chi connectivity index (χ4n) is 4.16. The van der Waals surface area contributed by atoms with Crippen LogP contribution in [-0.4, -0.2) is 58.2 Å². The minimum atomic E-state index is -1.11. The highest BCUT2D eigenvalue weighted by molar-refractivity contribution is 7.99. The van der Waals surface area contributed by atoms with Crippen molar-refractivity contribution in [3.8, 4) is 0 Å². The molecular formula is C17H30N2O2S. The quantitative estimate of drug-likeness (QED) is 0.834. The van der Waals surface area contributed by atoms with Gasteiger partial charge in [-0.3, -0.25) is 9.69 Å². The number of likely N-dealkylation sites (tertiary alicyclic amines) is 1. The van der Waals surface area contributed by atoms with Gasteiger partial charge in [0.05, 0.1) is 0 Å². The highest BCUT2D eigenvalue weighted by Crippen LogP contribution is 2.28. The van der Waals surface area contributed by atoms with E-state index in [9.17, 15) is 9.90 Å². The van der Waals surface area contributed by atoms with Crippen LogP contribution < -0.4 is 5.32 Å². The average molecular weight is 327 g/mol. The highest BCUT2D eigenvalue weighted by Gasteiger charge is 2.39. The van der Waals surface area contributed by atoms with Crippen molar-refractivity contribution < 1.29 is 9.90 Å². The van der Waals surface area contributed by atoms with Crippen LogP contribution in [0.5, 0.6) is 0 Å². The summed E-state index contributed by atoms with van der Waals surface area (Å²) in [6.07, 6.45) is 10.2. The largest absolute Gasteiger partial charge is 0.380 e. The van der Waals surface area contributed by atoms with E-state index in [0.29, 0.717) is 12.8 Å². The number of aliphatic hydroxyl groups is 1. The second-order valence-corrected chi connectivity index (χ2v) is 8.47. The Morgan fingerprint density at radius 2 is 1.82 bits per heavy atom. The van der Waals surface area contributed by atoms with Gasteiger partial charge in [0, 0.05) is 18.6 Å². The lowest BCUT2D eigenvalue weighted by atomic mass is 9.91. The van der Waals surface area contributed by atoms with Gasteiger partial charge in [0.15, 0.2) is 0 Å². The maximum atomic E-state index is 12.5. The van der Waals surface area contributed by atoms with Crippen molar-refractivity contribution in [3.63, 3.8) is 0 Å². The van der Waals surface area contributed by atoms with Gasteiger partial charge in [-0.2, -0.15) is 11.8 Å². The van der Waals surface area contributed by atoms with E-state index in [-0.39, 0.29) is 11.9 Å². The number of amides is 1. The molecule has 0 spiro atoms. The van der Waals surface area contributed by atoms with Crippen LogP contribution in [0.1, 0.15) is 57.8 Å². The number of nitrogens with one attached hydrogen (secondary N) is 1. The van der Waals surface area contributed by atoms with E-state index >= 15 is 0 Å². The molecule has 1 atom stereocenters. The van der Waals surface area contributed by atoms with Crippen molar-refractivity contribution in [2.45, 2.75) is 75.5 Å². The Kier molecular flexibility index (Phi) is 5.69. The first kappa shape index (κ1) is 16.6. The van der Waals surface area contributed by atoms with Crippen molar-refractivity contribution >= 4 is 17.7 Å². The van der Waals surface area contributed by atoms with Crippen LogP contribution in [-0.2, 0) is 4.79 Å². The molecule has 3 fully saturated rings. The summed E-state index contributed by atoms with van der Waals surface area (Å²) < 4.78 is 0. The van der Waals surface area contributed by atoms with Crippen LogP contribution in [0.2, 0.25) is 0 Å². The number of thioether (sulfide) groups is 1. The summed E-state index contributed by atoms with van der Waals surface area (Å²) in [7, 11) is 0. The smallest absolute Gasteiger partial charge is 0.252 e. The highest BCUT2D eigenvalue weighted by atomic mass is 32.2. The molecule has 2 heterocycles. The average Bonchev–Trinajstić information content (AvgIpc) is 2.56. The Morgan fingerprint density at radius 1 is 1.09 bits per heavy atom. The van der Waals surface area contributed by atoms with Crippen molar-refractivity contribution in [2.75, 3.05) is 24.6 Å². The number of hydrogen-bond acceptors (Lipinski definition) is 4. The number of rotatable bonds is 3. The number of carbonyl (C=O) groups excluding carboxylic acids is 1. The number of carbonyl (C=O) groups is 1. The lowest BCUT2D eigenvalue weighted by molar-refractivity contribution is -0.141. The zero-order valence-corrected chi connectivity index (χ0v) is 14.4. The van der Waals surface area contributed by atoms with Gasteiger partial charge in [-0.25, -0.2) is 0 Å². The van der Waals surface area contributed by atoms with Gasteiger partial charge < -0.3 is 10.4 Å². The molecule has 0 aromatic rings. The molecule has 0 aromatic carbocycles.